The highest BCUT2D eigenvalue weighted by Gasteiger charge is 2.26. The number of amides is 2. The molecule has 4 rings (SSSR count). The Morgan fingerprint density at radius 1 is 0.964 bits per heavy atom. The first kappa shape index (κ1) is 18.5. The van der Waals surface area contributed by atoms with Crippen molar-refractivity contribution in [1.29, 1.82) is 0 Å². The van der Waals surface area contributed by atoms with E-state index in [1.807, 2.05) is 41.3 Å². The lowest BCUT2D eigenvalue weighted by atomic mass is 9.95. The van der Waals surface area contributed by atoms with Gasteiger partial charge in [0.05, 0.1) is 0 Å². The van der Waals surface area contributed by atoms with Crippen molar-refractivity contribution in [3.05, 3.63) is 54.2 Å². The topological polar surface area (TPSA) is 65.5 Å². The van der Waals surface area contributed by atoms with Gasteiger partial charge in [-0.05, 0) is 49.9 Å². The number of rotatable bonds is 4. The third kappa shape index (κ3) is 4.16. The van der Waals surface area contributed by atoms with E-state index in [-0.39, 0.29) is 17.7 Å². The Labute approximate surface area is 165 Å². The molecule has 6 nitrogen and oxygen atoms in total. The molecule has 2 aromatic rings. The zero-order chi connectivity index (χ0) is 19.3. The molecule has 2 saturated heterocycles. The Balaban J connectivity index is 1.35. The standard InChI is InChI=1S/C22H26N4O2/c27-21(24-19-6-2-1-3-7-19)17-9-14-25(15-10-17)20-16-18(8-11-23-20)22(28)26-12-4-5-13-26/h1-3,6-8,11,16-17H,4-5,9-10,12-15H2,(H,24,27). The van der Waals surface area contributed by atoms with Crippen molar-refractivity contribution in [2.45, 2.75) is 25.7 Å². The molecule has 0 spiro atoms. The summed E-state index contributed by atoms with van der Waals surface area (Å²) in [6.07, 6.45) is 5.45. The van der Waals surface area contributed by atoms with Gasteiger partial charge in [0.1, 0.15) is 5.82 Å². The van der Waals surface area contributed by atoms with Gasteiger partial charge >= 0.3 is 0 Å². The Morgan fingerprint density at radius 2 is 1.68 bits per heavy atom. The van der Waals surface area contributed by atoms with Crippen LogP contribution in [0.5, 0.6) is 0 Å². The summed E-state index contributed by atoms with van der Waals surface area (Å²) < 4.78 is 0. The third-order valence-corrected chi connectivity index (χ3v) is 5.62. The minimum Gasteiger partial charge on any atom is -0.357 e. The van der Waals surface area contributed by atoms with Gasteiger partial charge in [-0.1, -0.05) is 18.2 Å². The fourth-order valence-electron chi connectivity index (χ4n) is 3.96. The van der Waals surface area contributed by atoms with Crippen molar-refractivity contribution in [3.63, 3.8) is 0 Å². The Hall–Kier alpha value is -2.89. The number of piperidine rings is 1. The van der Waals surface area contributed by atoms with Gasteiger partial charge in [0.25, 0.3) is 5.91 Å². The lowest BCUT2D eigenvalue weighted by molar-refractivity contribution is -0.120. The van der Waals surface area contributed by atoms with E-state index < -0.39 is 0 Å². The van der Waals surface area contributed by atoms with Crippen molar-refractivity contribution in [2.24, 2.45) is 5.92 Å². The highest BCUT2D eigenvalue weighted by atomic mass is 16.2. The number of benzene rings is 1. The Morgan fingerprint density at radius 3 is 2.39 bits per heavy atom. The summed E-state index contributed by atoms with van der Waals surface area (Å²) in [5.74, 6) is 1.01. The summed E-state index contributed by atoms with van der Waals surface area (Å²) in [6, 6.07) is 13.3. The molecule has 0 radical (unpaired) electrons. The molecule has 28 heavy (non-hydrogen) atoms. The molecule has 6 heteroatoms. The molecule has 2 fully saturated rings. The zero-order valence-corrected chi connectivity index (χ0v) is 16.0. The van der Waals surface area contributed by atoms with Crippen LogP contribution in [0.4, 0.5) is 11.5 Å². The molecule has 0 bridgehead atoms. The van der Waals surface area contributed by atoms with Crippen molar-refractivity contribution in [2.75, 3.05) is 36.4 Å². The van der Waals surface area contributed by atoms with Gasteiger partial charge in [-0.15, -0.1) is 0 Å². The van der Waals surface area contributed by atoms with E-state index in [4.69, 9.17) is 0 Å². The van der Waals surface area contributed by atoms with Gasteiger partial charge in [0.15, 0.2) is 0 Å². The van der Waals surface area contributed by atoms with E-state index in [0.717, 1.165) is 63.4 Å². The maximum absolute atomic E-state index is 12.6. The highest BCUT2D eigenvalue weighted by molar-refractivity contribution is 5.95. The second-order valence-electron chi connectivity index (χ2n) is 7.52. The number of nitrogens with zero attached hydrogens (tertiary/aromatic N) is 3. The monoisotopic (exact) mass is 378 g/mol. The van der Waals surface area contributed by atoms with Crippen LogP contribution in [-0.4, -0.2) is 47.9 Å². The fourth-order valence-corrected chi connectivity index (χ4v) is 3.96. The number of carbonyl (C=O) groups is 2. The van der Waals surface area contributed by atoms with Gasteiger partial charge < -0.3 is 15.1 Å². The predicted octanol–water partition coefficient (Wildman–Crippen LogP) is 3.17. The molecule has 2 aliphatic rings. The normalized spacial score (nSPS) is 17.6. The van der Waals surface area contributed by atoms with Crippen LogP contribution in [0.2, 0.25) is 0 Å². The summed E-state index contributed by atoms with van der Waals surface area (Å²) in [5.41, 5.74) is 1.54. The molecule has 1 aromatic carbocycles. The average Bonchev–Trinajstić information content (AvgIpc) is 3.29. The summed E-state index contributed by atoms with van der Waals surface area (Å²) in [5, 5.41) is 3.00. The Bertz CT molecular complexity index is 825. The van der Waals surface area contributed by atoms with E-state index in [0.29, 0.717) is 5.56 Å². The first-order valence-electron chi connectivity index (χ1n) is 10.1. The van der Waals surface area contributed by atoms with E-state index in [1.54, 1.807) is 12.3 Å². The van der Waals surface area contributed by atoms with Crippen LogP contribution >= 0.6 is 0 Å². The Kier molecular flexibility index (Phi) is 5.55. The van der Waals surface area contributed by atoms with E-state index in [9.17, 15) is 9.59 Å². The predicted molar refractivity (Wildman–Crippen MR) is 109 cm³/mol. The molecular weight excluding hydrogens is 352 g/mol. The van der Waals surface area contributed by atoms with Crippen LogP contribution in [0.25, 0.3) is 0 Å². The molecule has 2 amide bonds. The number of para-hydroxylation sites is 1. The number of carbonyl (C=O) groups excluding carboxylic acids is 2. The summed E-state index contributed by atoms with van der Waals surface area (Å²) in [7, 11) is 0. The van der Waals surface area contributed by atoms with Crippen LogP contribution in [0.15, 0.2) is 48.7 Å². The van der Waals surface area contributed by atoms with Gasteiger partial charge in [0.2, 0.25) is 5.91 Å². The molecule has 0 atom stereocenters. The van der Waals surface area contributed by atoms with Gasteiger partial charge in [-0.3, -0.25) is 9.59 Å². The largest absolute Gasteiger partial charge is 0.357 e. The number of hydrogen-bond donors (Lipinski definition) is 1. The smallest absolute Gasteiger partial charge is 0.254 e. The maximum Gasteiger partial charge on any atom is 0.254 e. The molecule has 1 N–H and O–H groups in total. The molecular formula is C22H26N4O2. The number of nitrogens with one attached hydrogen (secondary N) is 1. The minimum atomic E-state index is 0.00544. The van der Waals surface area contributed by atoms with E-state index in [1.165, 1.54) is 0 Å². The number of hydrogen-bond acceptors (Lipinski definition) is 4. The van der Waals surface area contributed by atoms with Gasteiger partial charge in [-0.25, -0.2) is 4.98 Å². The zero-order valence-electron chi connectivity index (χ0n) is 16.0. The van der Waals surface area contributed by atoms with Gasteiger partial charge in [0, 0.05) is 49.5 Å². The van der Waals surface area contributed by atoms with E-state index >= 15 is 0 Å². The lowest BCUT2D eigenvalue weighted by Gasteiger charge is -2.32. The average molecular weight is 378 g/mol. The number of pyridine rings is 1. The third-order valence-electron chi connectivity index (χ3n) is 5.62. The quantitative estimate of drug-likeness (QED) is 0.887. The number of anilines is 2. The van der Waals surface area contributed by atoms with Crippen molar-refractivity contribution < 1.29 is 9.59 Å². The number of aromatic nitrogens is 1. The molecule has 146 valence electrons. The van der Waals surface area contributed by atoms with Crippen LogP contribution < -0.4 is 10.2 Å². The van der Waals surface area contributed by atoms with Crippen LogP contribution in [0, 0.1) is 5.92 Å². The lowest BCUT2D eigenvalue weighted by Crippen LogP contribution is -2.38. The highest BCUT2D eigenvalue weighted by Crippen LogP contribution is 2.24. The molecule has 0 aliphatic carbocycles. The van der Waals surface area contributed by atoms with Crippen LogP contribution in [0.3, 0.4) is 0 Å². The number of likely N-dealkylation sites (tertiary alicyclic amines) is 1. The second kappa shape index (κ2) is 8.42. The summed E-state index contributed by atoms with van der Waals surface area (Å²) >= 11 is 0. The molecule has 0 saturated carbocycles. The van der Waals surface area contributed by atoms with E-state index in [2.05, 4.69) is 15.2 Å². The van der Waals surface area contributed by atoms with Gasteiger partial charge in [-0.2, -0.15) is 0 Å². The summed E-state index contributed by atoms with van der Waals surface area (Å²) in [4.78, 5) is 33.7. The second-order valence-corrected chi connectivity index (χ2v) is 7.52. The maximum atomic E-state index is 12.6. The van der Waals surface area contributed by atoms with Crippen molar-refractivity contribution >= 4 is 23.3 Å². The molecule has 1 aromatic heterocycles. The van der Waals surface area contributed by atoms with Crippen LogP contribution in [-0.2, 0) is 4.79 Å². The molecule has 0 unspecified atom stereocenters. The first-order chi connectivity index (χ1) is 13.7. The fraction of sp³-hybridized carbons (Fsp3) is 0.409. The SMILES string of the molecule is O=C(Nc1ccccc1)C1CCN(c2cc(C(=O)N3CCCC3)ccn2)CC1. The first-order valence-corrected chi connectivity index (χ1v) is 10.1. The van der Waals surface area contributed by atoms with Crippen molar-refractivity contribution in [1.82, 2.24) is 9.88 Å². The molecule has 2 aliphatic heterocycles. The minimum absolute atomic E-state index is 0.00544. The van der Waals surface area contributed by atoms with Crippen molar-refractivity contribution in [3.8, 4) is 0 Å². The van der Waals surface area contributed by atoms with Crippen LogP contribution in [0.1, 0.15) is 36.0 Å². The molecule has 3 heterocycles. The summed E-state index contributed by atoms with van der Waals surface area (Å²) in [6.45, 7) is 3.22.